The molecule has 2 N–H and O–H groups in total. The van der Waals surface area contributed by atoms with Crippen LogP contribution in [0, 0.1) is 13.8 Å². The van der Waals surface area contributed by atoms with E-state index in [1.165, 1.54) is 11.8 Å². The highest BCUT2D eigenvalue weighted by molar-refractivity contribution is 7.99. The van der Waals surface area contributed by atoms with Crippen molar-refractivity contribution < 1.29 is 4.42 Å². The van der Waals surface area contributed by atoms with Gasteiger partial charge in [0.05, 0.1) is 0 Å². The third-order valence-corrected chi connectivity index (χ3v) is 2.78. The van der Waals surface area contributed by atoms with E-state index in [-0.39, 0.29) is 0 Å². The molecular formula is C10H11N3OS. The van der Waals surface area contributed by atoms with Gasteiger partial charge in [-0.25, -0.2) is 0 Å². The maximum atomic E-state index is 5.73. The van der Waals surface area contributed by atoms with Crippen molar-refractivity contribution in [3.8, 4) is 0 Å². The van der Waals surface area contributed by atoms with Crippen LogP contribution in [0.1, 0.15) is 11.5 Å². The third-order valence-electron chi connectivity index (χ3n) is 1.95. The van der Waals surface area contributed by atoms with Gasteiger partial charge in [0.25, 0.3) is 5.22 Å². The fourth-order valence-corrected chi connectivity index (χ4v) is 1.95. The zero-order chi connectivity index (χ0) is 10.8. The fourth-order valence-electron chi connectivity index (χ4n) is 1.13. The van der Waals surface area contributed by atoms with Gasteiger partial charge in [-0.3, -0.25) is 0 Å². The Morgan fingerprint density at radius 2 is 2.07 bits per heavy atom. The number of nitrogens with two attached hydrogens (primary N) is 1. The van der Waals surface area contributed by atoms with Crippen molar-refractivity contribution in [1.82, 2.24) is 10.2 Å². The van der Waals surface area contributed by atoms with Crippen molar-refractivity contribution in [2.45, 2.75) is 24.0 Å². The standard InChI is InChI=1S/C10H11N3OS/c1-6-5-8(3-4-9(6)11)15-10-13-12-7(2)14-10/h3-5H,11H2,1-2H3. The summed E-state index contributed by atoms with van der Waals surface area (Å²) in [4.78, 5) is 1.05. The Balaban J connectivity index is 2.21. The average molecular weight is 221 g/mol. The van der Waals surface area contributed by atoms with Crippen LogP contribution in [0.4, 0.5) is 5.69 Å². The predicted molar refractivity (Wildman–Crippen MR) is 58.7 cm³/mol. The van der Waals surface area contributed by atoms with Crippen LogP contribution >= 0.6 is 11.8 Å². The van der Waals surface area contributed by atoms with Gasteiger partial charge in [0, 0.05) is 17.5 Å². The number of benzene rings is 1. The first-order chi connectivity index (χ1) is 7.15. The minimum Gasteiger partial charge on any atom is -0.416 e. The van der Waals surface area contributed by atoms with E-state index in [0.717, 1.165) is 16.1 Å². The van der Waals surface area contributed by atoms with Crippen LogP contribution in [0.25, 0.3) is 0 Å². The molecule has 1 aromatic heterocycles. The monoisotopic (exact) mass is 221 g/mol. The van der Waals surface area contributed by atoms with Gasteiger partial charge in [-0.2, -0.15) is 0 Å². The normalized spacial score (nSPS) is 10.5. The van der Waals surface area contributed by atoms with Gasteiger partial charge in [0.1, 0.15) is 0 Å². The van der Waals surface area contributed by atoms with Gasteiger partial charge in [0.2, 0.25) is 5.89 Å². The maximum Gasteiger partial charge on any atom is 0.281 e. The molecule has 15 heavy (non-hydrogen) atoms. The summed E-state index contributed by atoms with van der Waals surface area (Å²) in [6.45, 7) is 3.74. The Labute approximate surface area is 91.9 Å². The highest BCUT2D eigenvalue weighted by Crippen LogP contribution is 2.28. The van der Waals surface area contributed by atoms with E-state index in [1.807, 2.05) is 25.1 Å². The van der Waals surface area contributed by atoms with Crippen LogP contribution in [0.2, 0.25) is 0 Å². The molecule has 0 spiro atoms. The summed E-state index contributed by atoms with van der Waals surface area (Å²) in [7, 11) is 0. The van der Waals surface area contributed by atoms with Crippen LogP contribution in [-0.4, -0.2) is 10.2 Å². The molecule has 78 valence electrons. The summed E-state index contributed by atoms with van der Waals surface area (Å²) >= 11 is 1.44. The lowest BCUT2D eigenvalue weighted by Crippen LogP contribution is -1.88. The SMILES string of the molecule is Cc1nnc(Sc2ccc(N)c(C)c2)o1. The van der Waals surface area contributed by atoms with Gasteiger partial charge in [-0.1, -0.05) is 0 Å². The van der Waals surface area contributed by atoms with Crippen LogP contribution in [0.15, 0.2) is 32.7 Å². The first kappa shape index (κ1) is 10.0. The smallest absolute Gasteiger partial charge is 0.281 e. The van der Waals surface area contributed by atoms with E-state index in [9.17, 15) is 0 Å². The number of hydrogen-bond donors (Lipinski definition) is 1. The van der Waals surface area contributed by atoms with Gasteiger partial charge in [0.15, 0.2) is 0 Å². The summed E-state index contributed by atoms with van der Waals surface area (Å²) in [6, 6.07) is 5.81. The molecular weight excluding hydrogens is 210 g/mol. The largest absolute Gasteiger partial charge is 0.416 e. The summed E-state index contributed by atoms with van der Waals surface area (Å²) < 4.78 is 5.27. The molecule has 0 aliphatic rings. The third kappa shape index (κ3) is 2.30. The van der Waals surface area contributed by atoms with Crippen molar-refractivity contribution in [2.24, 2.45) is 0 Å². The second-order valence-electron chi connectivity index (χ2n) is 3.21. The minimum absolute atomic E-state index is 0.552. The van der Waals surface area contributed by atoms with Crippen molar-refractivity contribution in [2.75, 3.05) is 5.73 Å². The highest BCUT2D eigenvalue weighted by Gasteiger charge is 2.05. The Bertz CT molecular complexity index is 481. The quantitative estimate of drug-likeness (QED) is 0.789. The minimum atomic E-state index is 0.552. The van der Waals surface area contributed by atoms with Gasteiger partial charge in [-0.05, 0) is 42.4 Å². The number of nitrogen functional groups attached to an aromatic ring is 1. The highest BCUT2D eigenvalue weighted by atomic mass is 32.2. The maximum absolute atomic E-state index is 5.73. The van der Waals surface area contributed by atoms with E-state index in [0.29, 0.717) is 11.1 Å². The molecule has 1 aromatic carbocycles. The lowest BCUT2D eigenvalue weighted by Gasteiger charge is -2.01. The summed E-state index contributed by atoms with van der Waals surface area (Å²) in [5.41, 5.74) is 7.57. The molecule has 0 fully saturated rings. The number of nitrogens with zero attached hydrogens (tertiary/aromatic N) is 2. The zero-order valence-corrected chi connectivity index (χ0v) is 9.34. The number of aromatic nitrogens is 2. The van der Waals surface area contributed by atoms with Crippen molar-refractivity contribution >= 4 is 17.4 Å². The number of rotatable bonds is 2. The van der Waals surface area contributed by atoms with Crippen LogP contribution in [-0.2, 0) is 0 Å². The topological polar surface area (TPSA) is 64.9 Å². The first-order valence-corrected chi connectivity index (χ1v) is 5.31. The molecule has 4 nitrogen and oxygen atoms in total. The second kappa shape index (κ2) is 3.94. The van der Waals surface area contributed by atoms with Gasteiger partial charge >= 0.3 is 0 Å². The van der Waals surface area contributed by atoms with Crippen LogP contribution in [0.3, 0.4) is 0 Å². The molecule has 0 unspecified atom stereocenters. The summed E-state index contributed by atoms with van der Waals surface area (Å²) in [5, 5.41) is 8.22. The number of anilines is 1. The molecule has 1 heterocycles. The number of hydrogen-bond acceptors (Lipinski definition) is 5. The van der Waals surface area contributed by atoms with E-state index in [1.54, 1.807) is 6.92 Å². The molecule has 0 bridgehead atoms. The van der Waals surface area contributed by atoms with Crippen LogP contribution < -0.4 is 5.73 Å². The Hall–Kier alpha value is -1.49. The first-order valence-electron chi connectivity index (χ1n) is 4.49. The lowest BCUT2D eigenvalue weighted by atomic mass is 10.2. The van der Waals surface area contributed by atoms with E-state index in [4.69, 9.17) is 10.2 Å². The van der Waals surface area contributed by atoms with Crippen molar-refractivity contribution in [3.05, 3.63) is 29.7 Å². The molecule has 2 rings (SSSR count). The summed E-state index contributed by atoms with van der Waals surface area (Å²) in [6.07, 6.45) is 0. The van der Waals surface area contributed by atoms with Crippen molar-refractivity contribution in [3.63, 3.8) is 0 Å². The average Bonchev–Trinajstić information content (AvgIpc) is 2.58. The molecule has 0 aliphatic heterocycles. The molecule has 2 aromatic rings. The second-order valence-corrected chi connectivity index (χ2v) is 4.23. The molecule has 0 radical (unpaired) electrons. The van der Waals surface area contributed by atoms with E-state index in [2.05, 4.69) is 10.2 Å². The Kier molecular flexibility index (Phi) is 2.64. The van der Waals surface area contributed by atoms with E-state index < -0.39 is 0 Å². The molecule has 0 amide bonds. The van der Waals surface area contributed by atoms with Gasteiger partial charge < -0.3 is 10.2 Å². The van der Waals surface area contributed by atoms with E-state index >= 15 is 0 Å². The Morgan fingerprint density at radius 3 is 2.67 bits per heavy atom. The Morgan fingerprint density at radius 1 is 1.27 bits per heavy atom. The van der Waals surface area contributed by atoms with Gasteiger partial charge in [-0.15, -0.1) is 10.2 Å². The molecule has 0 atom stereocenters. The summed E-state index contributed by atoms with van der Waals surface area (Å²) in [5.74, 6) is 0.574. The molecule has 0 saturated carbocycles. The van der Waals surface area contributed by atoms with Crippen molar-refractivity contribution in [1.29, 1.82) is 0 Å². The molecule has 5 heteroatoms. The molecule has 0 saturated heterocycles. The fraction of sp³-hybridized carbons (Fsp3) is 0.200. The number of aryl methyl sites for hydroxylation is 2. The van der Waals surface area contributed by atoms with Crippen LogP contribution in [0.5, 0.6) is 0 Å². The lowest BCUT2D eigenvalue weighted by molar-refractivity contribution is 0.429. The zero-order valence-electron chi connectivity index (χ0n) is 8.52. The molecule has 0 aliphatic carbocycles. The predicted octanol–water partition coefficient (Wildman–Crippen LogP) is 2.42.